The number of carbonyl (C=O) groups excluding carboxylic acids is 1. The summed E-state index contributed by atoms with van der Waals surface area (Å²) >= 11 is 0. The summed E-state index contributed by atoms with van der Waals surface area (Å²) in [5.74, 6) is 6.09. The molecule has 1 saturated heterocycles. The van der Waals surface area contributed by atoms with Crippen molar-refractivity contribution in [1.29, 1.82) is 0 Å². The second kappa shape index (κ2) is 5.89. The van der Waals surface area contributed by atoms with Crippen molar-refractivity contribution in [2.75, 3.05) is 33.7 Å². The molecule has 0 aliphatic carbocycles. The van der Waals surface area contributed by atoms with Gasteiger partial charge in [0.2, 0.25) is 0 Å². The first-order valence-electron chi connectivity index (χ1n) is 5.46. The molecule has 1 heterocycles. The van der Waals surface area contributed by atoms with Crippen LogP contribution in [-0.2, 0) is 4.79 Å². The Morgan fingerprint density at radius 1 is 1.40 bits per heavy atom. The van der Waals surface area contributed by atoms with E-state index in [1.165, 1.54) is 0 Å². The zero-order valence-corrected chi connectivity index (χ0v) is 9.92. The van der Waals surface area contributed by atoms with Crippen LogP contribution < -0.4 is 0 Å². The highest BCUT2D eigenvalue weighted by Crippen LogP contribution is 2.09. The Morgan fingerprint density at radius 2 is 2.13 bits per heavy atom. The van der Waals surface area contributed by atoms with Crippen LogP contribution in [0.1, 0.15) is 19.8 Å². The molecule has 3 nitrogen and oxygen atoms in total. The van der Waals surface area contributed by atoms with Gasteiger partial charge in [-0.1, -0.05) is 0 Å². The van der Waals surface area contributed by atoms with Gasteiger partial charge in [-0.05, 0) is 21.0 Å². The maximum atomic E-state index is 11.9. The van der Waals surface area contributed by atoms with Crippen LogP contribution in [0.3, 0.4) is 0 Å². The standard InChI is InChI=1S/C12H20N2O/c1-4-5-6-7-12(15)11-10-13(2)8-9-14(11)3/h11H,6-10H2,1-3H3. The fourth-order valence-corrected chi connectivity index (χ4v) is 1.84. The van der Waals surface area contributed by atoms with Crippen LogP contribution in [-0.4, -0.2) is 55.4 Å². The van der Waals surface area contributed by atoms with Crippen LogP contribution in [0.5, 0.6) is 0 Å². The Labute approximate surface area is 92.4 Å². The van der Waals surface area contributed by atoms with Crippen molar-refractivity contribution in [2.24, 2.45) is 0 Å². The van der Waals surface area contributed by atoms with E-state index in [9.17, 15) is 4.79 Å². The third kappa shape index (κ3) is 3.65. The smallest absolute Gasteiger partial charge is 0.152 e. The van der Waals surface area contributed by atoms with E-state index in [1.54, 1.807) is 0 Å². The summed E-state index contributed by atoms with van der Waals surface area (Å²) in [5.41, 5.74) is 0. The highest BCUT2D eigenvalue weighted by molar-refractivity contribution is 5.84. The van der Waals surface area contributed by atoms with Crippen molar-refractivity contribution in [3.8, 4) is 11.8 Å². The highest BCUT2D eigenvalue weighted by atomic mass is 16.1. The number of carbonyl (C=O) groups is 1. The summed E-state index contributed by atoms with van der Waals surface area (Å²) in [6, 6.07) is 0.0717. The lowest BCUT2D eigenvalue weighted by molar-refractivity contribution is -0.125. The molecule has 1 aliphatic heterocycles. The minimum absolute atomic E-state index is 0.0717. The molecule has 0 amide bonds. The number of ketones is 1. The molecule has 1 rings (SSSR count). The van der Waals surface area contributed by atoms with Crippen molar-refractivity contribution >= 4 is 5.78 Å². The Hall–Kier alpha value is -0.850. The van der Waals surface area contributed by atoms with E-state index >= 15 is 0 Å². The Kier molecular flexibility index (Phi) is 4.80. The van der Waals surface area contributed by atoms with E-state index in [2.05, 4.69) is 28.7 Å². The topological polar surface area (TPSA) is 23.6 Å². The molecule has 0 radical (unpaired) electrons. The number of Topliss-reactive ketones (excluding diaryl/α,β-unsaturated/α-hetero) is 1. The summed E-state index contributed by atoms with van der Waals surface area (Å²) in [5, 5.41) is 0. The Balaban J connectivity index is 2.44. The molecule has 15 heavy (non-hydrogen) atoms. The summed E-state index contributed by atoms with van der Waals surface area (Å²) < 4.78 is 0. The molecule has 1 atom stereocenters. The molecule has 84 valence electrons. The molecule has 0 bridgehead atoms. The van der Waals surface area contributed by atoms with Crippen molar-refractivity contribution in [3.63, 3.8) is 0 Å². The number of piperazine rings is 1. The maximum Gasteiger partial charge on any atom is 0.152 e. The lowest BCUT2D eigenvalue weighted by atomic mass is 10.0. The van der Waals surface area contributed by atoms with E-state index in [0.29, 0.717) is 18.6 Å². The van der Waals surface area contributed by atoms with Crippen LogP contribution >= 0.6 is 0 Å². The first kappa shape index (κ1) is 12.2. The maximum absolute atomic E-state index is 11.9. The number of hydrogen-bond acceptors (Lipinski definition) is 3. The van der Waals surface area contributed by atoms with E-state index in [0.717, 1.165) is 19.6 Å². The highest BCUT2D eigenvalue weighted by Gasteiger charge is 2.27. The average molecular weight is 208 g/mol. The van der Waals surface area contributed by atoms with Gasteiger partial charge in [-0.15, -0.1) is 11.8 Å². The molecule has 0 saturated carbocycles. The molecule has 0 aromatic rings. The normalized spacial score (nSPS) is 23.3. The van der Waals surface area contributed by atoms with Gasteiger partial charge in [0.25, 0.3) is 0 Å². The summed E-state index contributed by atoms with van der Waals surface area (Å²) in [7, 11) is 4.10. The number of likely N-dealkylation sites (N-methyl/N-ethyl adjacent to an activating group) is 2. The van der Waals surface area contributed by atoms with Gasteiger partial charge in [-0.2, -0.15) is 0 Å². The van der Waals surface area contributed by atoms with Gasteiger partial charge in [-0.3, -0.25) is 9.69 Å². The predicted molar refractivity (Wildman–Crippen MR) is 61.6 cm³/mol. The van der Waals surface area contributed by atoms with Crippen LogP contribution in [0.15, 0.2) is 0 Å². The second-order valence-corrected chi connectivity index (χ2v) is 4.15. The molecule has 1 unspecified atom stereocenters. The van der Waals surface area contributed by atoms with Crippen molar-refractivity contribution in [3.05, 3.63) is 0 Å². The third-order valence-electron chi connectivity index (χ3n) is 2.90. The van der Waals surface area contributed by atoms with Crippen molar-refractivity contribution in [1.82, 2.24) is 9.80 Å². The molecule has 0 N–H and O–H groups in total. The van der Waals surface area contributed by atoms with E-state index in [-0.39, 0.29) is 6.04 Å². The second-order valence-electron chi connectivity index (χ2n) is 4.15. The van der Waals surface area contributed by atoms with Gasteiger partial charge < -0.3 is 4.90 Å². The first-order valence-corrected chi connectivity index (χ1v) is 5.46. The molecule has 0 spiro atoms. The lowest BCUT2D eigenvalue weighted by Crippen LogP contribution is -2.53. The minimum Gasteiger partial charge on any atom is -0.303 e. The Morgan fingerprint density at radius 3 is 2.80 bits per heavy atom. The molecule has 0 aromatic carbocycles. The summed E-state index contributed by atoms with van der Waals surface area (Å²) in [6.07, 6.45) is 1.28. The fraction of sp³-hybridized carbons (Fsp3) is 0.750. The zero-order chi connectivity index (χ0) is 11.3. The monoisotopic (exact) mass is 208 g/mol. The molecular formula is C12H20N2O. The minimum atomic E-state index is 0.0717. The van der Waals surface area contributed by atoms with Crippen molar-refractivity contribution < 1.29 is 4.79 Å². The van der Waals surface area contributed by atoms with Crippen LogP contribution in [0.2, 0.25) is 0 Å². The Bertz CT molecular complexity index is 277. The fourth-order valence-electron chi connectivity index (χ4n) is 1.84. The van der Waals surface area contributed by atoms with Gasteiger partial charge in [0.05, 0.1) is 6.04 Å². The van der Waals surface area contributed by atoms with E-state index in [1.807, 2.05) is 14.0 Å². The molecule has 1 fully saturated rings. The first-order chi connectivity index (χ1) is 7.15. The van der Waals surface area contributed by atoms with Gasteiger partial charge in [0, 0.05) is 32.5 Å². The number of rotatable bonds is 3. The molecule has 1 aliphatic rings. The van der Waals surface area contributed by atoms with Crippen molar-refractivity contribution in [2.45, 2.75) is 25.8 Å². The average Bonchev–Trinajstić information content (AvgIpc) is 2.22. The number of nitrogens with zero attached hydrogens (tertiary/aromatic N) is 2. The third-order valence-corrected chi connectivity index (χ3v) is 2.90. The lowest BCUT2D eigenvalue weighted by Gasteiger charge is -2.36. The van der Waals surface area contributed by atoms with E-state index in [4.69, 9.17) is 0 Å². The van der Waals surface area contributed by atoms with Gasteiger partial charge in [-0.25, -0.2) is 0 Å². The van der Waals surface area contributed by atoms with Crippen LogP contribution in [0.4, 0.5) is 0 Å². The molecule has 0 aromatic heterocycles. The van der Waals surface area contributed by atoms with E-state index < -0.39 is 0 Å². The SMILES string of the molecule is CC#CCCC(=O)C1CN(C)CCN1C. The molecule has 3 heteroatoms. The summed E-state index contributed by atoms with van der Waals surface area (Å²) in [6.45, 7) is 4.70. The molecular weight excluding hydrogens is 188 g/mol. The van der Waals surface area contributed by atoms with Crippen LogP contribution in [0.25, 0.3) is 0 Å². The quantitative estimate of drug-likeness (QED) is 0.635. The van der Waals surface area contributed by atoms with Gasteiger partial charge in [0.15, 0.2) is 5.78 Å². The predicted octanol–water partition coefficient (Wildman–Crippen LogP) is 0.605. The van der Waals surface area contributed by atoms with Crippen LogP contribution in [0, 0.1) is 11.8 Å². The summed E-state index contributed by atoms with van der Waals surface area (Å²) in [4.78, 5) is 16.3. The zero-order valence-electron chi connectivity index (χ0n) is 9.92. The van der Waals surface area contributed by atoms with Gasteiger partial charge in [0.1, 0.15) is 0 Å². The largest absolute Gasteiger partial charge is 0.303 e. The van der Waals surface area contributed by atoms with Gasteiger partial charge >= 0.3 is 0 Å². The number of hydrogen-bond donors (Lipinski definition) is 0.